The molecule has 0 aromatic heterocycles. The first-order chi connectivity index (χ1) is 11.6. The van der Waals surface area contributed by atoms with Crippen molar-refractivity contribution in [2.24, 2.45) is 0 Å². The van der Waals surface area contributed by atoms with Crippen molar-refractivity contribution in [2.75, 3.05) is 7.11 Å². The van der Waals surface area contributed by atoms with Crippen molar-refractivity contribution in [3.8, 4) is 0 Å². The molecule has 2 unspecified atom stereocenters. The van der Waals surface area contributed by atoms with Crippen LogP contribution in [0.2, 0.25) is 0 Å². The predicted molar refractivity (Wildman–Crippen MR) is 91.8 cm³/mol. The van der Waals surface area contributed by atoms with E-state index >= 15 is 0 Å². The van der Waals surface area contributed by atoms with Gasteiger partial charge in [-0.15, -0.1) is 0 Å². The minimum atomic E-state index is -0.360. The number of carbonyl (C=O) groups is 2. The Morgan fingerprint density at radius 1 is 1.12 bits per heavy atom. The third kappa shape index (κ3) is 3.18. The Bertz CT molecular complexity index is 752. The van der Waals surface area contributed by atoms with Crippen LogP contribution < -0.4 is 5.32 Å². The van der Waals surface area contributed by atoms with Crippen molar-refractivity contribution < 1.29 is 14.3 Å². The van der Waals surface area contributed by atoms with Gasteiger partial charge < -0.3 is 10.1 Å². The molecule has 1 aliphatic rings. The standard InChI is InChI=1S/C20H21NO3/c1-13(14-7-9-16(10-8-14)20(23)24-2)21-19(22)18-12-11-15-5-3-4-6-17(15)18/h3-10,13,18H,11-12H2,1-2H3,(H,21,22). The van der Waals surface area contributed by atoms with Crippen molar-refractivity contribution in [3.05, 3.63) is 70.8 Å². The molecule has 0 saturated carbocycles. The monoisotopic (exact) mass is 323 g/mol. The second-order valence-electron chi connectivity index (χ2n) is 6.13. The van der Waals surface area contributed by atoms with Crippen LogP contribution in [0.25, 0.3) is 0 Å². The highest BCUT2D eigenvalue weighted by molar-refractivity contribution is 5.89. The summed E-state index contributed by atoms with van der Waals surface area (Å²) in [5.74, 6) is -0.372. The number of hydrogen-bond acceptors (Lipinski definition) is 3. The first-order valence-corrected chi connectivity index (χ1v) is 8.16. The molecule has 124 valence electrons. The number of aryl methyl sites for hydroxylation is 1. The summed E-state index contributed by atoms with van der Waals surface area (Å²) in [6.45, 7) is 1.95. The molecule has 3 rings (SSSR count). The minimum absolute atomic E-state index is 0.0597. The number of nitrogens with one attached hydrogen (secondary N) is 1. The fourth-order valence-corrected chi connectivity index (χ4v) is 3.25. The number of rotatable bonds is 4. The Kier molecular flexibility index (Phi) is 4.65. The number of benzene rings is 2. The number of ether oxygens (including phenoxy) is 1. The molecule has 4 nitrogen and oxygen atoms in total. The minimum Gasteiger partial charge on any atom is -0.465 e. The lowest BCUT2D eigenvalue weighted by molar-refractivity contribution is -0.123. The summed E-state index contributed by atoms with van der Waals surface area (Å²) in [6.07, 6.45) is 1.82. The summed E-state index contributed by atoms with van der Waals surface area (Å²) in [5.41, 5.74) is 3.88. The largest absolute Gasteiger partial charge is 0.465 e. The molecule has 1 aliphatic carbocycles. The fourth-order valence-electron chi connectivity index (χ4n) is 3.25. The van der Waals surface area contributed by atoms with E-state index in [4.69, 9.17) is 4.74 Å². The Hall–Kier alpha value is -2.62. The third-order valence-electron chi connectivity index (χ3n) is 4.64. The lowest BCUT2D eigenvalue weighted by Crippen LogP contribution is -2.30. The normalized spacial score (nSPS) is 17.0. The second kappa shape index (κ2) is 6.87. The van der Waals surface area contributed by atoms with Gasteiger partial charge in [0.05, 0.1) is 24.6 Å². The molecule has 4 heteroatoms. The highest BCUT2D eigenvalue weighted by atomic mass is 16.5. The maximum absolute atomic E-state index is 12.6. The summed E-state index contributed by atoms with van der Waals surface area (Å²) >= 11 is 0. The van der Waals surface area contributed by atoms with E-state index in [1.165, 1.54) is 12.7 Å². The smallest absolute Gasteiger partial charge is 0.337 e. The van der Waals surface area contributed by atoms with E-state index in [0.29, 0.717) is 5.56 Å². The van der Waals surface area contributed by atoms with Crippen LogP contribution in [0.15, 0.2) is 48.5 Å². The summed E-state index contributed by atoms with van der Waals surface area (Å²) in [6, 6.07) is 15.2. The van der Waals surface area contributed by atoms with Crippen LogP contribution in [0.1, 0.15) is 52.4 Å². The van der Waals surface area contributed by atoms with E-state index in [-0.39, 0.29) is 23.8 Å². The number of methoxy groups -OCH3 is 1. The van der Waals surface area contributed by atoms with Crippen LogP contribution >= 0.6 is 0 Å². The van der Waals surface area contributed by atoms with Gasteiger partial charge in [0, 0.05) is 0 Å². The van der Waals surface area contributed by atoms with Crippen molar-refractivity contribution in [2.45, 2.75) is 31.7 Å². The molecular formula is C20H21NO3. The van der Waals surface area contributed by atoms with Gasteiger partial charge in [0.25, 0.3) is 0 Å². The second-order valence-corrected chi connectivity index (χ2v) is 6.13. The quantitative estimate of drug-likeness (QED) is 0.878. The molecule has 0 radical (unpaired) electrons. The van der Waals surface area contributed by atoms with Crippen molar-refractivity contribution in [1.82, 2.24) is 5.32 Å². The number of hydrogen-bond donors (Lipinski definition) is 1. The zero-order chi connectivity index (χ0) is 17.1. The van der Waals surface area contributed by atoms with Crippen molar-refractivity contribution >= 4 is 11.9 Å². The molecule has 0 bridgehead atoms. The molecule has 0 aliphatic heterocycles. The molecule has 0 spiro atoms. The molecule has 0 saturated heterocycles. The Morgan fingerprint density at radius 3 is 2.54 bits per heavy atom. The fraction of sp³-hybridized carbons (Fsp3) is 0.300. The van der Waals surface area contributed by atoms with Crippen molar-refractivity contribution in [1.29, 1.82) is 0 Å². The van der Waals surface area contributed by atoms with Gasteiger partial charge in [0.1, 0.15) is 0 Å². The zero-order valence-corrected chi connectivity index (χ0v) is 13.9. The van der Waals surface area contributed by atoms with Gasteiger partial charge >= 0.3 is 5.97 Å². The highest BCUT2D eigenvalue weighted by Gasteiger charge is 2.28. The van der Waals surface area contributed by atoms with E-state index in [2.05, 4.69) is 11.4 Å². The maximum atomic E-state index is 12.6. The van der Waals surface area contributed by atoms with Crippen LogP contribution in [-0.2, 0) is 16.0 Å². The summed E-state index contributed by atoms with van der Waals surface area (Å²) in [5, 5.41) is 3.09. The number of amides is 1. The van der Waals surface area contributed by atoms with E-state index in [9.17, 15) is 9.59 Å². The molecule has 2 atom stereocenters. The molecular weight excluding hydrogens is 302 g/mol. The van der Waals surface area contributed by atoms with Crippen molar-refractivity contribution in [3.63, 3.8) is 0 Å². The SMILES string of the molecule is COC(=O)c1ccc(C(C)NC(=O)C2CCc3ccccc32)cc1. The molecule has 0 heterocycles. The third-order valence-corrected chi connectivity index (χ3v) is 4.64. The van der Waals surface area contributed by atoms with Gasteiger partial charge in [0.15, 0.2) is 0 Å². The lowest BCUT2D eigenvalue weighted by atomic mass is 9.99. The van der Waals surface area contributed by atoms with Crippen LogP contribution in [0.5, 0.6) is 0 Å². The molecule has 1 N–H and O–H groups in total. The number of esters is 1. The molecule has 24 heavy (non-hydrogen) atoms. The zero-order valence-electron chi connectivity index (χ0n) is 13.9. The van der Waals surface area contributed by atoms with Gasteiger partial charge in [-0.2, -0.15) is 0 Å². The van der Waals surface area contributed by atoms with Crippen LogP contribution in [0.3, 0.4) is 0 Å². The van der Waals surface area contributed by atoms with E-state index < -0.39 is 0 Å². The summed E-state index contributed by atoms with van der Waals surface area (Å²) in [7, 11) is 1.36. The maximum Gasteiger partial charge on any atom is 0.337 e. The lowest BCUT2D eigenvalue weighted by Gasteiger charge is -2.18. The Balaban J connectivity index is 1.68. The first kappa shape index (κ1) is 16.2. The average molecular weight is 323 g/mol. The summed E-state index contributed by atoms with van der Waals surface area (Å²) < 4.78 is 4.69. The van der Waals surface area contributed by atoms with Gasteiger partial charge in [0.2, 0.25) is 5.91 Å². The van der Waals surface area contributed by atoms with Crippen LogP contribution in [0.4, 0.5) is 0 Å². The molecule has 1 amide bonds. The Labute approximate surface area is 141 Å². The van der Waals surface area contributed by atoms with Gasteiger partial charge in [-0.3, -0.25) is 4.79 Å². The first-order valence-electron chi connectivity index (χ1n) is 8.16. The predicted octanol–water partition coefficient (Wildman–Crippen LogP) is 3.38. The molecule has 2 aromatic carbocycles. The van der Waals surface area contributed by atoms with Gasteiger partial charge in [-0.1, -0.05) is 36.4 Å². The van der Waals surface area contributed by atoms with Crippen LogP contribution in [0, 0.1) is 0 Å². The topological polar surface area (TPSA) is 55.4 Å². The van der Waals surface area contributed by atoms with Crippen LogP contribution in [-0.4, -0.2) is 19.0 Å². The van der Waals surface area contributed by atoms with Gasteiger partial charge in [-0.05, 0) is 48.6 Å². The van der Waals surface area contributed by atoms with Gasteiger partial charge in [-0.25, -0.2) is 4.79 Å². The number of fused-ring (bicyclic) bond motifs is 1. The molecule has 2 aromatic rings. The van der Waals surface area contributed by atoms with E-state index in [0.717, 1.165) is 24.0 Å². The molecule has 0 fully saturated rings. The Morgan fingerprint density at radius 2 is 1.83 bits per heavy atom. The summed E-state index contributed by atoms with van der Waals surface area (Å²) in [4.78, 5) is 24.1. The number of carbonyl (C=O) groups excluding carboxylic acids is 2. The van der Waals surface area contributed by atoms with E-state index in [1.54, 1.807) is 12.1 Å². The average Bonchev–Trinajstić information content (AvgIpc) is 3.05. The highest BCUT2D eigenvalue weighted by Crippen LogP contribution is 2.33. The van der Waals surface area contributed by atoms with E-state index in [1.807, 2.05) is 37.3 Å².